The van der Waals surface area contributed by atoms with E-state index in [1.807, 2.05) is 13.8 Å². The van der Waals surface area contributed by atoms with Crippen LogP contribution in [0, 0.1) is 0 Å². The smallest absolute Gasteiger partial charge is 0.309 e. The van der Waals surface area contributed by atoms with Gasteiger partial charge in [-0.05, 0) is 26.2 Å². The molecule has 1 saturated carbocycles. The fraction of sp³-hybridized carbons (Fsp3) is 0.833. The molecule has 2 N–H and O–H groups in total. The Morgan fingerprint density at radius 3 is 2.38 bits per heavy atom. The maximum atomic E-state index is 11.5. The van der Waals surface area contributed by atoms with E-state index < -0.39 is 11.8 Å². The maximum Gasteiger partial charge on any atom is 0.309 e. The minimum Gasteiger partial charge on any atom is -0.345 e. The van der Waals surface area contributed by atoms with E-state index in [0.29, 0.717) is 0 Å². The Kier molecular flexibility index (Phi) is 5.29. The summed E-state index contributed by atoms with van der Waals surface area (Å²) in [6, 6.07) is 0.258. The molecule has 0 spiro atoms. The van der Waals surface area contributed by atoms with E-state index in [9.17, 15) is 9.59 Å². The van der Waals surface area contributed by atoms with Crippen LogP contribution < -0.4 is 10.6 Å². The fourth-order valence-corrected chi connectivity index (χ4v) is 1.89. The zero-order chi connectivity index (χ0) is 12.0. The Bertz CT molecular complexity index is 247. The van der Waals surface area contributed by atoms with Gasteiger partial charge in [0, 0.05) is 12.1 Å². The van der Waals surface area contributed by atoms with Gasteiger partial charge in [0.2, 0.25) is 0 Å². The monoisotopic (exact) mass is 226 g/mol. The first-order chi connectivity index (χ1) is 7.63. The molecule has 0 bridgehead atoms. The summed E-state index contributed by atoms with van der Waals surface area (Å²) in [5, 5.41) is 5.47. The normalized spacial score (nSPS) is 18.9. The van der Waals surface area contributed by atoms with E-state index in [0.717, 1.165) is 32.1 Å². The van der Waals surface area contributed by atoms with Gasteiger partial charge in [-0.3, -0.25) is 9.59 Å². The molecule has 0 aromatic carbocycles. The van der Waals surface area contributed by atoms with Gasteiger partial charge in [0.15, 0.2) is 0 Å². The van der Waals surface area contributed by atoms with Crippen molar-refractivity contribution in [2.45, 2.75) is 64.5 Å². The van der Waals surface area contributed by atoms with Crippen molar-refractivity contribution >= 4 is 11.8 Å². The fourth-order valence-electron chi connectivity index (χ4n) is 1.89. The van der Waals surface area contributed by atoms with Crippen LogP contribution in [0.4, 0.5) is 0 Å². The lowest BCUT2D eigenvalue weighted by atomic mass is 9.95. The zero-order valence-corrected chi connectivity index (χ0v) is 10.2. The molecule has 16 heavy (non-hydrogen) atoms. The summed E-state index contributed by atoms with van der Waals surface area (Å²) in [6.07, 6.45) is 6.38. The average molecular weight is 226 g/mol. The summed E-state index contributed by atoms with van der Waals surface area (Å²) in [7, 11) is 0. The first-order valence-corrected chi connectivity index (χ1v) is 6.24. The van der Waals surface area contributed by atoms with Crippen LogP contribution >= 0.6 is 0 Å². The molecule has 1 atom stereocenters. The highest BCUT2D eigenvalue weighted by Crippen LogP contribution is 2.17. The zero-order valence-electron chi connectivity index (χ0n) is 10.2. The topological polar surface area (TPSA) is 58.2 Å². The molecule has 1 unspecified atom stereocenters. The summed E-state index contributed by atoms with van der Waals surface area (Å²) in [5.74, 6) is -0.980. The second-order valence-electron chi connectivity index (χ2n) is 4.59. The van der Waals surface area contributed by atoms with E-state index in [-0.39, 0.29) is 12.1 Å². The third-order valence-corrected chi connectivity index (χ3v) is 3.14. The Hall–Kier alpha value is -1.06. The van der Waals surface area contributed by atoms with Gasteiger partial charge in [-0.15, -0.1) is 0 Å². The third kappa shape index (κ3) is 4.21. The van der Waals surface area contributed by atoms with Crippen molar-refractivity contribution in [2.24, 2.45) is 0 Å². The molecule has 0 aliphatic heterocycles. The molecular formula is C12H22N2O2. The molecule has 1 aliphatic carbocycles. The molecule has 0 radical (unpaired) electrons. The number of amides is 2. The highest BCUT2D eigenvalue weighted by molar-refractivity contribution is 6.35. The SMILES string of the molecule is CCC(C)NC(=O)C(=O)NC1CCCCC1. The van der Waals surface area contributed by atoms with Gasteiger partial charge in [0.25, 0.3) is 0 Å². The van der Waals surface area contributed by atoms with Crippen LogP contribution in [0.2, 0.25) is 0 Å². The molecule has 4 heteroatoms. The van der Waals surface area contributed by atoms with Gasteiger partial charge in [-0.1, -0.05) is 26.2 Å². The van der Waals surface area contributed by atoms with E-state index in [4.69, 9.17) is 0 Å². The largest absolute Gasteiger partial charge is 0.345 e. The Morgan fingerprint density at radius 1 is 1.19 bits per heavy atom. The van der Waals surface area contributed by atoms with E-state index >= 15 is 0 Å². The number of rotatable bonds is 3. The summed E-state index contributed by atoms with van der Waals surface area (Å²) in [5.41, 5.74) is 0. The molecule has 1 fully saturated rings. The summed E-state index contributed by atoms with van der Waals surface area (Å²) in [4.78, 5) is 23.0. The average Bonchev–Trinajstić information content (AvgIpc) is 2.30. The molecule has 4 nitrogen and oxygen atoms in total. The molecule has 0 saturated heterocycles. The lowest BCUT2D eigenvalue weighted by molar-refractivity contribution is -0.140. The molecule has 2 amide bonds. The minimum atomic E-state index is -0.500. The molecule has 0 aromatic heterocycles. The Labute approximate surface area is 97.2 Å². The van der Waals surface area contributed by atoms with Crippen LogP contribution in [-0.2, 0) is 9.59 Å². The second-order valence-corrected chi connectivity index (χ2v) is 4.59. The number of hydrogen-bond donors (Lipinski definition) is 2. The maximum absolute atomic E-state index is 11.5. The van der Waals surface area contributed by atoms with Gasteiger partial charge in [0.1, 0.15) is 0 Å². The Balaban J connectivity index is 2.30. The summed E-state index contributed by atoms with van der Waals surface area (Å²) >= 11 is 0. The first kappa shape index (κ1) is 13.0. The van der Waals surface area contributed by atoms with Crippen molar-refractivity contribution in [1.29, 1.82) is 0 Å². The molecule has 0 heterocycles. The predicted molar refractivity (Wildman–Crippen MR) is 62.9 cm³/mol. The molecule has 1 rings (SSSR count). The van der Waals surface area contributed by atoms with Gasteiger partial charge in [0.05, 0.1) is 0 Å². The van der Waals surface area contributed by atoms with Gasteiger partial charge in [-0.25, -0.2) is 0 Å². The van der Waals surface area contributed by atoms with Crippen molar-refractivity contribution in [1.82, 2.24) is 10.6 Å². The minimum absolute atomic E-state index is 0.0598. The van der Waals surface area contributed by atoms with Crippen LogP contribution in [0.25, 0.3) is 0 Å². The van der Waals surface area contributed by atoms with Crippen molar-refractivity contribution in [3.05, 3.63) is 0 Å². The predicted octanol–water partition coefficient (Wildman–Crippen LogP) is 1.35. The molecule has 1 aliphatic rings. The van der Waals surface area contributed by atoms with Gasteiger partial charge < -0.3 is 10.6 Å². The van der Waals surface area contributed by atoms with E-state index in [1.165, 1.54) is 6.42 Å². The number of carbonyl (C=O) groups excluding carboxylic acids is 2. The van der Waals surface area contributed by atoms with Crippen molar-refractivity contribution in [3.8, 4) is 0 Å². The molecule has 92 valence electrons. The first-order valence-electron chi connectivity index (χ1n) is 6.24. The van der Waals surface area contributed by atoms with E-state index in [2.05, 4.69) is 10.6 Å². The quantitative estimate of drug-likeness (QED) is 0.714. The number of nitrogens with one attached hydrogen (secondary N) is 2. The highest BCUT2D eigenvalue weighted by atomic mass is 16.2. The molecule has 0 aromatic rings. The van der Waals surface area contributed by atoms with Gasteiger partial charge in [-0.2, -0.15) is 0 Å². The van der Waals surface area contributed by atoms with E-state index in [1.54, 1.807) is 0 Å². The van der Waals surface area contributed by atoms with Gasteiger partial charge >= 0.3 is 11.8 Å². The van der Waals surface area contributed by atoms with Crippen LogP contribution in [0.15, 0.2) is 0 Å². The number of carbonyl (C=O) groups is 2. The standard InChI is InChI=1S/C12H22N2O2/c1-3-9(2)13-11(15)12(16)14-10-7-5-4-6-8-10/h9-10H,3-8H2,1-2H3,(H,13,15)(H,14,16). The van der Waals surface area contributed by atoms with Crippen molar-refractivity contribution in [3.63, 3.8) is 0 Å². The second kappa shape index (κ2) is 6.51. The third-order valence-electron chi connectivity index (χ3n) is 3.14. The van der Waals surface area contributed by atoms with Crippen LogP contribution in [0.1, 0.15) is 52.4 Å². The Morgan fingerprint density at radius 2 is 1.81 bits per heavy atom. The number of hydrogen-bond acceptors (Lipinski definition) is 2. The van der Waals surface area contributed by atoms with Crippen LogP contribution in [0.3, 0.4) is 0 Å². The van der Waals surface area contributed by atoms with Crippen molar-refractivity contribution < 1.29 is 9.59 Å². The highest BCUT2D eigenvalue weighted by Gasteiger charge is 2.20. The lowest BCUT2D eigenvalue weighted by Gasteiger charge is -2.22. The summed E-state index contributed by atoms with van der Waals surface area (Å²) in [6.45, 7) is 3.87. The van der Waals surface area contributed by atoms with Crippen molar-refractivity contribution in [2.75, 3.05) is 0 Å². The molecular weight excluding hydrogens is 204 g/mol. The summed E-state index contributed by atoms with van der Waals surface area (Å²) < 4.78 is 0. The lowest BCUT2D eigenvalue weighted by Crippen LogP contribution is -2.47. The van der Waals surface area contributed by atoms with Crippen LogP contribution in [0.5, 0.6) is 0 Å². The van der Waals surface area contributed by atoms with Crippen LogP contribution in [-0.4, -0.2) is 23.9 Å².